The summed E-state index contributed by atoms with van der Waals surface area (Å²) in [7, 11) is 1.60. The molecule has 2 heterocycles. The minimum Gasteiger partial charge on any atom is -0.497 e. The van der Waals surface area contributed by atoms with E-state index in [0.29, 0.717) is 10.2 Å². The molecule has 164 valence electrons. The van der Waals surface area contributed by atoms with E-state index in [9.17, 15) is 14.4 Å². The lowest BCUT2D eigenvalue weighted by Gasteiger charge is -2.23. The highest BCUT2D eigenvalue weighted by molar-refractivity contribution is 7.22. The number of carbonyl (C=O) groups is 2. The molecule has 1 atom stereocenters. The Morgan fingerprint density at radius 3 is 2.52 bits per heavy atom. The average Bonchev–Trinajstić information content (AvgIpc) is 3.14. The predicted molar refractivity (Wildman–Crippen MR) is 119 cm³/mol. The van der Waals surface area contributed by atoms with Crippen LogP contribution in [-0.2, 0) is 20.9 Å². The summed E-state index contributed by atoms with van der Waals surface area (Å²) >= 11 is 1.30. The van der Waals surface area contributed by atoms with Crippen LogP contribution in [0.3, 0.4) is 0 Å². The van der Waals surface area contributed by atoms with Crippen LogP contribution in [0.2, 0.25) is 0 Å². The standard InChI is InChI=1S/C22H25N3O5S/c1-13(20(27)24-22(2,3)4)30-18(26)11-25-12-23-16-10-17(31-19(16)21(25)28)14-6-8-15(29-5)9-7-14/h6-10,12-13H,11H2,1-5H3,(H,24,27). The smallest absolute Gasteiger partial charge is 0.326 e. The van der Waals surface area contributed by atoms with Gasteiger partial charge in [-0.1, -0.05) is 0 Å². The number of nitrogens with one attached hydrogen (secondary N) is 1. The van der Waals surface area contributed by atoms with Crippen molar-refractivity contribution in [1.29, 1.82) is 0 Å². The van der Waals surface area contributed by atoms with Gasteiger partial charge >= 0.3 is 5.97 Å². The lowest BCUT2D eigenvalue weighted by Crippen LogP contribution is -2.46. The van der Waals surface area contributed by atoms with Crippen molar-refractivity contribution in [1.82, 2.24) is 14.9 Å². The highest BCUT2D eigenvalue weighted by Crippen LogP contribution is 2.31. The molecule has 31 heavy (non-hydrogen) atoms. The quantitative estimate of drug-likeness (QED) is 0.588. The normalized spacial score (nSPS) is 12.4. The van der Waals surface area contributed by atoms with Gasteiger partial charge in [-0.25, -0.2) is 4.98 Å². The van der Waals surface area contributed by atoms with Crippen molar-refractivity contribution >= 4 is 33.4 Å². The number of aromatic nitrogens is 2. The third-order valence-corrected chi connectivity index (χ3v) is 5.51. The molecule has 0 aliphatic heterocycles. The molecule has 0 radical (unpaired) electrons. The second-order valence-electron chi connectivity index (χ2n) is 8.10. The summed E-state index contributed by atoms with van der Waals surface area (Å²) in [5.74, 6) is -0.342. The van der Waals surface area contributed by atoms with E-state index in [-0.39, 0.29) is 12.1 Å². The number of ether oxygens (including phenoxy) is 2. The van der Waals surface area contributed by atoms with E-state index < -0.39 is 23.5 Å². The van der Waals surface area contributed by atoms with Crippen molar-refractivity contribution in [3.05, 3.63) is 47.0 Å². The SMILES string of the molecule is COc1ccc(-c2cc3ncn(CC(=O)OC(C)C(=O)NC(C)(C)C)c(=O)c3s2)cc1. The first-order valence-electron chi connectivity index (χ1n) is 9.72. The molecule has 1 aromatic carbocycles. The zero-order chi connectivity index (χ0) is 22.8. The molecule has 0 aliphatic carbocycles. The molecular weight excluding hydrogens is 418 g/mol. The molecule has 0 fully saturated rings. The van der Waals surface area contributed by atoms with E-state index in [2.05, 4.69) is 10.3 Å². The fraction of sp³-hybridized carbons (Fsp3) is 0.364. The van der Waals surface area contributed by atoms with Crippen LogP contribution in [0.4, 0.5) is 0 Å². The Kier molecular flexibility index (Phi) is 6.45. The van der Waals surface area contributed by atoms with Crippen LogP contribution >= 0.6 is 11.3 Å². The molecule has 1 unspecified atom stereocenters. The summed E-state index contributed by atoms with van der Waals surface area (Å²) in [5.41, 5.74) is 0.722. The zero-order valence-corrected chi connectivity index (χ0v) is 18.9. The molecule has 9 heteroatoms. The van der Waals surface area contributed by atoms with Gasteiger partial charge in [-0.05, 0) is 63.6 Å². The molecule has 0 aliphatic rings. The molecule has 0 saturated carbocycles. The van der Waals surface area contributed by atoms with E-state index in [4.69, 9.17) is 9.47 Å². The lowest BCUT2D eigenvalue weighted by molar-refractivity contribution is -0.156. The highest BCUT2D eigenvalue weighted by Gasteiger charge is 2.23. The minimum absolute atomic E-state index is 0.329. The van der Waals surface area contributed by atoms with Gasteiger partial charge in [0.1, 0.15) is 17.0 Å². The van der Waals surface area contributed by atoms with Crippen molar-refractivity contribution in [3.8, 4) is 16.2 Å². The van der Waals surface area contributed by atoms with Crippen LogP contribution in [-0.4, -0.2) is 40.2 Å². The number of rotatable bonds is 6. The van der Waals surface area contributed by atoms with Crippen LogP contribution in [0.25, 0.3) is 20.7 Å². The summed E-state index contributed by atoms with van der Waals surface area (Å²) < 4.78 is 12.0. The molecule has 0 spiro atoms. The van der Waals surface area contributed by atoms with Crippen molar-refractivity contribution in [2.24, 2.45) is 0 Å². The van der Waals surface area contributed by atoms with E-state index in [1.165, 1.54) is 29.2 Å². The van der Waals surface area contributed by atoms with Gasteiger partial charge < -0.3 is 14.8 Å². The number of thiophene rings is 1. The van der Waals surface area contributed by atoms with Gasteiger partial charge in [0.05, 0.1) is 19.0 Å². The van der Waals surface area contributed by atoms with Crippen LogP contribution in [0.5, 0.6) is 5.75 Å². The Labute approximate surface area is 183 Å². The Morgan fingerprint density at radius 2 is 1.90 bits per heavy atom. The van der Waals surface area contributed by atoms with E-state index in [0.717, 1.165) is 16.2 Å². The predicted octanol–water partition coefficient (Wildman–Crippen LogP) is 2.98. The highest BCUT2D eigenvalue weighted by atomic mass is 32.1. The van der Waals surface area contributed by atoms with Crippen LogP contribution in [0.15, 0.2) is 41.5 Å². The molecule has 2 aromatic heterocycles. The van der Waals surface area contributed by atoms with Gasteiger partial charge in [-0.3, -0.25) is 19.0 Å². The minimum atomic E-state index is -0.970. The summed E-state index contributed by atoms with van der Waals surface area (Å²) in [5, 5.41) is 2.75. The monoisotopic (exact) mass is 443 g/mol. The van der Waals surface area contributed by atoms with Crippen molar-refractivity contribution < 1.29 is 19.1 Å². The summed E-state index contributed by atoms with van der Waals surface area (Å²) in [6.45, 7) is 6.66. The molecule has 1 N–H and O–H groups in total. The fourth-order valence-corrected chi connectivity index (χ4v) is 3.92. The molecule has 3 aromatic rings. The van der Waals surface area contributed by atoms with Crippen LogP contribution in [0.1, 0.15) is 27.7 Å². The molecule has 8 nitrogen and oxygen atoms in total. The Hall–Kier alpha value is -3.20. The Balaban J connectivity index is 1.75. The van der Waals surface area contributed by atoms with E-state index in [1.807, 2.05) is 51.1 Å². The number of benzene rings is 1. The topological polar surface area (TPSA) is 99.5 Å². The van der Waals surface area contributed by atoms with Crippen molar-refractivity contribution in [3.63, 3.8) is 0 Å². The first-order valence-corrected chi connectivity index (χ1v) is 10.5. The Morgan fingerprint density at radius 1 is 1.23 bits per heavy atom. The van der Waals surface area contributed by atoms with Crippen molar-refractivity contribution in [2.75, 3.05) is 7.11 Å². The number of esters is 1. The molecule has 1 amide bonds. The maximum Gasteiger partial charge on any atom is 0.326 e. The fourth-order valence-electron chi connectivity index (χ4n) is 2.85. The van der Waals surface area contributed by atoms with Gasteiger partial charge in [-0.15, -0.1) is 11.3 Å². The molecule has 3 rings (SSSR count). The number of hydrogen-bond donors (Lipinski definition) is 1. The van der Waals surface area contributed by atoms with E-state index in [1.54, 1.807) is 7.11 Å². The maximum absolute atomic E-state index is 12.8. The Bertz CT molecular complexity index is 1160. The van der Waals surface area contributed by atoms with E-state index >= 15 is 0 Å². The van der Waals surface area contributed by atoms with Gasteiger partial charge in [-0.2, -0.15) is 0 Å². The van der Waals surface area contributed by atoms with Crippen molar-refractivity contribution in [2.45, 2.75) is 45.9 Å². The molecule has 0 bridgehead atoms. The average molecular weight is 444 g/mol. The second-order valence-corrected chi connectivity index (χ2v) is 9.15. The van der Waals surface area contributed by atoms with Crippen LogP contribution in [0, 0.1) is 0 Å². The number of hydrogen-bond acceptors (Lipinski definition) is 7. The second kappa shape index (κ2) is 8.89. The summed E-state index contributed by atoms with van der Waals surface area (Å²) in [6, 6.07) is 9.34. The first-order chi connectivity index (χ1) is 14.6. The molecule has 0 saturated heterocycles. The van der Waals surface area contributed by atoms with Gasteiger partial charge in [0.2, 0.25) is 0 Å². The zero-order valence-electron chi connectivity index (χ0n) is 18.1. The largest absolute Gasteiger partial charge is 0.497 e. The number of fused-ring (bicyclic) bond motifs is 1. The third-order valence-electron chi connectivity index (χ3n) is 4.35. The first kappa shape index (κ1) is 22.5. The lowest BCUT2D eigenvalue weighted by atomic mass is 10.1. The third kappa shape index (κ3) is 5.49. The maximum atomic E-state index is 12.8. The molecular formula is C22H25N3O5S. The van der Waals surface area contributed by atoms with Gasteiger partial charge in [0.15, 0.2) is 6.10 Å². The summed E-state index contributed by atoms with van der Waals surface area (Å²) in [4.78, 5) is 42.4. The summed E-state index contributed by atoms with van der Waals surface area (Å²) in [6.07, 6.45) is 0.346. The number of carbonyl (C=O) groups excluding carboxylic acids is 2. The van der Waals surface area contributed by atoms with Gasteiger partial charge in [0.25, 0.3) is 11.5 Å². The number of methoxy groups -OCH3 is 1. The number of amides is 1. The van der Waals surface area contributed by atoms with Crippen LogP contribution < -0.4 is 15.6 Å². The number of nitrogens with zero attached hydrogens (tertiary/aromatic N) is 2. The van der Waals surface area contributed by atoms with Gasteiger partial charge in [0, 0.05) is 10.4 Å².